The number of nitrogens with two attached hydrogens (primary N) is 4. The number of hydrogen-bond acceptors (Lipinski definition) is 21. The SMILES string of the molecule is CC(Oc1cc(-c2cnn(C(C)(C)C(=O)NCCCO)c2)cnc1N)c1c(Cl)ccc(F)c1Cl.CC(Oc1cc(-c2cnn(C3CCNC3)c2)cnc1N)c1c(Cl)ccc(F)c1Cl.CC(Oc1cc(-c2cnn(C3CCNCC3)c2)cnc1N)c1c(Cl)ccc(F)c1Cl.Cc1nn(C(C)(C)C(=O)O)cc1-c1cnc(N)c(OC(C)c2c(Cl)ccc(F)c2Cl)c1. The third-order valence-electron chi connectivity index (χ3n) is 20.6. The maximum atomic E-state index is 13.9. The number of carbonyl (C=O) groups excluding carboxylic acids is 1. The Bertz CT molecular complexity index is 5830. The molecular formula is C85H89Cl8F4N19O8. The summed E-state index contributed by atoms with van der Waals surface area (Å²) >= 11 is 49.2. The zero-order valence-corrected chi connectivity index (χ0v) is 74.4. The van der Waals surface area contributed by atoms with Gasteiger partial charge in [0.2, 0.25) is 5.91 Å². The number of carboxylic acids is 1. The molecule has 1 amide bonds. The quantitative estimate of drug-likeness (QED) is 0.0146. The van der Waals surface area contributed by atoms with E-state index in [4.69, 9.17) is 140 Å². The smallest absolute Gasteiger partial charge is 0.331 e. The lowest BCUT2D eigenvalue weighted by Gasteiger charge is -2.24. The fourth-order valence-electron chi connectivity index (χ4n) is 13.3. The topological polar surface area (TPSA) is 375 Å². The summed E-state index contributed by atoms with van der Waals surface area (Å²) < 4.78 is 86.2. The lowest BCUT2D eigenvalue weighted by molar-refractivity contribution is -0.146. The van der Waals surface area contributed by atoms with Gasteiger partial charge in [-0.1, -0.05) is 92.8 Å². The Kier molecular flexibility index (Phi) is 31.3. The molecule has 27 nitrogen and oxygen atoms in total. The number of piperidine rings is 1. The second kappa shape index (κ2) is 41.1. The van der Waals surface area contributed by atoms with Crippen molar-refractivity contribution in [3.8, 4) is 67.5 Å². The molecular weight excluding hydrogens is 1770 g/mol. The van der Waals surface area contributed by atoms with Gasteiger partial charge in [0.1, 0.15) is 53.2 Å². The number of carboxylic acid groups (broad SMARTS) is 1. The monoisotopic (exact) mass is 1860 g/mol. The van der Waals surface area contributed by atoms with E-state index in [9.17, 15) is 32.3 Å². The summed E-state index contributed by atoms with van der Waals surface area (Å²) in [6.07, 6.45) is 19.9. The first-order chi connectivity index (χ1) is 58.9. The Labute approximate surface area is 751 Å². The number of hydrogen-bond donors (Lipinski definition) is 9. The van der Waals surface area contributed by atoms with Crippen molar-refractivity contribution in [1.29, 1.82) is 0 Å². The Morgan fingerprint density at radius 3 is 1.20 bits per heavy atom. The lowest BCUT2D eigenvalue weighted by atomic mass is 10.0. The summed E-state index contributed by atoms with van der Waals surface area (Å²) in [6, 6.07) is 18.1. The van der Waals surface area contributed by atoms with E-state index in [1.165, 1.54) is 59.4 Å². The van der Waals surface area contributed by atoms with Crippen LogP contribution in [0.4, 0.5) is 40.8 Å². The highest BCUT2D eigenvalue weighted by Crippen LogP contribution is 2.44. The van der Waals surface area contributed by atoms with E-state index in [0.29, 0.717) is 96.8 Å². The van der Waals surface area contributed by atoms with Crippen LogP contribution in [0.1, 0.15) is 146 Å². The van der Waals surface area contributed by atoms with E-state index >= 15 is 0 Å². The Hall–Kier alpha value is -10.4. The van der Waals surface area contributed by atoms with Gasteiger partial charge in [0.25, 0.3) is 0 Å². The molecule has 2 aliphatic rings. The van der Waals surface area contributed by atoms with Crippen molar-refractivity contribution in [3.63, 3.8) is 0 Å². The van der Waals surface area contributed by atoms with Crippen LogP contribution in [0.3, 0.4) is 0 Å². The molecule has 4 aromatic carbocycles. The van der Waals surface area contributed by atoms with Crippen LogP contribution in [0.25, 0.3) is 44.5 Å². The highest BCUT2D eigenvalue weighted by Gasteiger charge is 2.34. The fourth-order valence-corrected chi connectivity index (χ4v) is 16.0. The third kappa shape index (κ3) is 22.1. The first-order valence-corrected chi connectivity index (χ1v) is 41.9. The number of aliphatic hydroxyl groups excluding tert-OH is 1. The van der Waals surface area contributed by atoms with Gasteiger partial charge >= 0.3 is 5.97 Å². The molecule has 2 saturated heterocycles. The fraction of sp³-hybridized carbons (Fsp3) is 0.318. The Balaban J connectivity index is 0.000000161. The molecule has 14 rings (SSSR count). The van der Waals surface area contributed by atoms with Crippen LogP contribution in [0, 0.1) is 30.2 Å². The van der Waals surface area contributed by atoms with Crippen LogP contribution < -0.4 is 57.8 Å². The number of ether oxygens (including phenoxy) is 4. The molecule has 12 aromatic rings. The molecule has 0 bridgehead atoms. The molecule has 0 spiro atoms. The number of halogens is 12. The largest absolute Gasteiger partial charge is 0.482 e. The van der Waals surface area contributed by atoms with Crippen LogP contribution in [-0.2, 0) is 20.7 Å². The predicted octanol–water partition coefficient (Wildman–Crippen LogP) is 19.3. The molecule has 5 unspecified atom stereocenters. The minimum absolute atomic E-state index is 0.00257. The third-order valence-corrected chi connectivity index (χ3v) is 23.5. The van der Waals surface area contributed by atoms with Crippen LogP contribution in [0.2, 0.25) is 40.2 Å². The molecule has 0 aliphatic carbocycles. The van der Waals surface area contributed by atoms with Crippen LogP contribution in [0.5, 0.6) is 23.0 Å². The minimum Gasteiger partial charge on any atom is -0.482 e. The number of nitrogen functional groups attached to an aromatic ring is 4. The number of rotatable bonds is 25. The number of amides is 1. The molecule has 2 fully saturated rings. The first kappa shape index (κ1) is 94.3. The Morgan fingerprint density at radius 2 is 0.831 bits per heavy atom. The molecule has 0 saturated carbocycles. The number of carbonyl (C=O) groups is 2. The van der Waals surface area contributed by atoms with E-state index in [2.05, 4.69) is 56.3 Å². The number of aliphatic hydroxyl groups is 1. The number of nitrogens with one attached hydrogen (secondary N) is 3. The van der Waals surface area contributed by atoms with Crippen molar-refractivity contribution in [2.24, 2.45) is 0 Å². The van der Waals surface area contributed by atoms with Crippen molar-refractivity contribution < 1.29 is 56.3 Å². The van der Waals surface area contributed by atoms with Gasteiger partial charge in [0.15, 0.2) is 51.8 Å². The minimum atomic E-state index is -1.23. The highest BCUT2D eigenvalue weighted by molar-refractivity contribution is 6.38. The number of pyridine rings is 4. The predicted molar refractivity (Wildman–Crippen MR) is 475 cm³/mol. The number of nitrogens with zero attached hydrogens (tertiary/aromatic N) is 12. The zero-order valence-electron chi connectivity index (χ0n) is 68.4. The van der Waals surface area contributed by atoms with Crippen LogP contribution >= 0.6 is 92.8 Å². The number of aliphatic carboxylic acids is 1. The van der Waals surface area contributed by atoms with Gasteiger partial charge in [0.05, 0.1) is 56.5 Å². The molecule has 5 atom stereocenters. The van der Waals surface area contributed by atoms with Gasteiger partial charge in [-0.3, -0.25) is 23.5 Å². The lowest BCUT2D eigenvalue weighted by Crippen LogP contribution is -2.45. The van der Waals surface area contributed by atoms with Gasteiger partial charge in [-0.05, 0) is 180 Å². The average molecular weight is 1860 g/mol. The average Bonchev–Trinajstić information content (AvgIpc) is 1.61. The molecule has 10 heterocycles. The van der Waals surface area contributed by atoms with E-state index < -0.39 is 64.7 Å². The molecule has 39 heteroatoms. The number of anilines is 4. The number of aromatic nitrogens is 12. The van der Waals surface area contributed by atoms with Crippen LogP contribution in [-0.4, -0.2) is 120 Å². The maximum Gasteiger partial charge on any atom is 0.331 e. The normalized spacial score (nSPS) is 14.5. The van der Waals surface area contributed by atoms with E-state index in [1.54, 1.807) is 135 Å². The number of aryl methyl sites for hydroxylation is 1. The van der Waals surface area contributed by atoms with Crippen molar-refractivity contribution in [1.82, 2.24) is 75.0 Å². The van der Waals surface area contributed by atoms with Crippen molar-refractivity contribution >= 4 is 128 Å². The summed E-state index contributed by atoms with van der Waals surface area (Å²) in [5.41, 5.74) is 29.8. The number of benzene rings is 4. The summed E-state index contributed by atoms with van der Waals surface area (Å²) in [6.45, 7) is 19.4. The molecule has 124 heavy (non-hydrogen) atoms. The van der Waals surface area contributed by atoms with Crippen molar-refractivity contribution in [2.75, 3.05) is 62.3 Å². The molecule has 2 aliphatic heterocycles. The highest BCUT2D eigenvalue weighted by atomic mass is 35.5. The second-order valence-corrected chi connectivity index (χ2v) is 33.2. The van der Waals surface area contributed by atoms with E-state index in [-0.39, 0.29) is 77.4 Å². The first-order valence-electron chi connectivity index (χ1n) is 38.8. The molecule has 13 N–H and O–H groups in total. The summed E-state index contributed by atoms with van der Waals surface area (Å²) in [7, 11) is 0. The van der Waals surface area contributed by atoms with Crippen LogP contribution in [0.15, 0.2) is 141 Å². The molecule has 0 radical (unpaired) electrons. The van der Waals surface area contributed by atoms with Crippen molar-refractivity contribution in [2.45, 2.75) is 136 Å². The maximum absolute atomic E-state index is 13.9. The van der Waals surface area contributed by atoms with Gasteiger partial charge in [-0.2, -0.15) is 20.4 Å². The standard InChI is InChI=1S/C23H26Cl2FN5O3.C21H22Cl2FN5O.C21H21Cl2FN4O3.C20H20Cl2FN5O/c1-13(19-16(24)5-6-17(26)20(19)25)34-18-9-14(10-29-21(18)27)15-11-30-31(12-15)23(2,3)22(33)28-7-4-8-32;1-12(19-16(22)2-3-17(24)20(19)23)30-18-8-13(9-27-21(18)25)14-10-28-29(11-14)15-4-6-26-7-5-15;1-10-13(9-28(27-10)21(3,4)20(29)30)12-7-16(19(25)26-8-12)31-11(2)17-14(22)5-6-15(24)18(17)23;1-11(18-15(21)2-3-16(23)19(18)22)29-17-6-12(7-26-20(17)24)13-8-27-28(10-13)14-4-5-25-9-14/h5-6,9-13,32H,4,7-8H2,1-3H3,(H2,27,29)(H,28,33);2-3,8-12,15,26H,4-7H2,1H3,(H2,25,27);5-9,11H,1-4H3,(H2,25,26)(H,29,30);2-3,6-8,10-11,14,25H,4-5,9H2,1H3,(H2,24,26). The summed E-state index contributed by atoms with van der Waals surface area (Å²) in [4.78, 5) is 41.0. The van der Waals surface area contributed by atoms with Gasteiger partial charge in [0, 0.05) is 156 Å². The Morgan fingerprint density at radius 1 is 0.484 bits per heavy atom. The zero-order chi connectivity index (χ0) is 89.9. The van der Waals surface area contributed by atoms with E-state index in [1.807, 2.05) is 28.0 Å². The van der Waals surface area contributed by atoms with Crippen molar-refractivity contribution in [3.05, 3.63) is 232 Å². The van der Waals surface area contributed by atoms with Gasteiger partial charge in [-0.15, -0.1) is 0 Å². The van der Waals surface area contributed by atoms with Gasteiger partial charge < -0.3 is 68.0 Å². The summed E-state index contributed by atoms with van der Waals surface area (Å²) in [5.74, 6) is -1.65. The van der Waals surface area contributed by atoms with E-state index in [0.717, 1.165) is 67.7 Å². The molecule has 8 aromatic heterocycles. The second-order valence-electron chi connectivity index (χ2n) is 30.0. The van der Waals surface area contributed by atoms with Gasteiger partial charge in [-0.25, -0.2) is 42.3 Å². The summed E-state index contributed by atoms with van der Waals surface area (Å²) in [5, 5.41) is 46.3. The molecule has 656 valence electrons.